The van der Waals surface area contributed by atoms with Crippen molar-refractivity contribution in [3.8, 4) is 0 Å². The van der Waals surface area contributed by atoms with E-state index in [0.717, 1.165) is 31.4 Å². The molecule has 1 aromatic heterocycles. The van der Waals surface area contributed by atoms with Crippen molar-refractivity contribution in [2.75, 3.05) is 25.6 Å². The minimum atomic E-state index is 0.738. The van der Waals surface area contributed by atoms with E-state index < -0.39 is 0 Å². The van der Waals surface area contributed by atoms with Crippen LogP contribution in [0.2, 0.25) is 0 Å². The maximum absolute atomic E-state index is 5.55. The molecule has 3 nitrogen and oxygen atoms in total. The van der Waals surface area contributed by atoms with Gasteiger partial charge in [-0.05, 0) is 32.2 Å². The maximum Gasteiger partial charge on any atom is 0.122 e. The van der Waals surface area contributed by atoms with Gasteiger partial charge in [0.2, 0.25) is 0 Å². The van der Waals surface area contributed by atoms with Crippen molar-refractivity contribution in [1.82, 2.24) is 10.2 Å². The van der Waals surface area contributed by atoms with Crippen molar-refractivity contribution in [1.29, 1.82) is 0 Å². The molecule has 0 unspecified atom stereocenters. The van der Waals surface area contributed by atoms with E-state index in [1.54, 1.807) is 0 Å². The van der Waals surface area contributed by atoms with Gasteiger partial charge in [0.25, 0.3) is 0 Å². The fraction of sp³-hybridized carbons (Fsp3) is 0.692. The van der Waals surface area contributed by atoms with E-state index in [1.807, 2.05) is 18.0 Å². The number of hydrogen-bond acceptors (Lipinski definition) is 4. The zero-order valence-electron chi connectivity index (χ0n) is 10.7. The van der Waals surface area contributed by atoms with Crippen LogP contribution in [0.3, 0.4) is 0 Å². The second-order valence-corrected chi connectivity index (χ2v) is 5.74. The lowest BCUT2D eigenvalue weighted by molar-refractivity contribution is 0.343. The Morgan fingerprint density at radius 1 is 1.53 bits per heavy atom. The van der Waals surface area contributed by atoms with E-state index in [-0.39, 0.29) is 0 Å². The zero-order chi connectivity index (χ0) is 12.1. The van der Waals surface area contributed by atoms with Gasteiger partial charge in [0, 0.05) is 30.4 Å². The van der Waals surface area contributed by atoms with Crippen LogP contribution in [-0.2, 0) is 13.1 Å². The molecule has 1 aliphatic carbocycles. The summed E-state index contributed by atoms with van der Waals surface area (Å²) in [6.45, 7) is 2.99. The molecule has 0 aliphatic heterocycles. The van der Waals surface area contributed by atoms with Gasteiger partial charge in [-0.3, -0.25) is 0 Å². The fourth-order valence-corrected chi connectivity index (χ4v) is 2.30. The molecule has 0 radical (unpaired) electrons. The monoisotopic (exact) mass is 254 g/mol. The van der Waals surface area contributed by atoms with Gasteiger partial charge in [-0.15, -0.1) is 0 Å². The van der Waals surface area contributed by atoms with Crippen LogP contribution in [0.1, 0.15) is 24.2 Å². The normalized spacial score (nSPS) is 15.7. The van der Waals surface area contributed by atoms with Crippen LogP contribution < -0.4 is 5.32 Å². The Bertz CT molecular complexity index is 336. The summed E-state index contributed by atoms with van der Waals surface area (Å²) in [6, 6.07) is 2.83. The van der Waals surface area contributed by atoms with E-state index in [0.29, 0.717) is 0 Å². The molecule has 1 aliphatic rings. The maximum atomic E-state index is 5.55. The van der Waals surface area contributed by atoms with Crippen molar-refractivity contribution in [2.45, 2.75) is 32.0 Å². The van der Waals surface area contributed by atoms with E-state index in [4.69, 9.17) is 4.42 Å². The summed E-state index contributed by atoms with van der Waals surface area (Å²) in [5, 5.41) is 3.50. The van der Waals surface area contributed by atoms with E-state index >= 15 is 0 Å². The molecular weight excluding hydrogens is 232 g/mol. The molecule has 0 bridgehead atoms. The minimum absolute atomic E-state index is 0.738. The predicted molar refractivity (Wildman–Crippen MR) is 73.3 cm³/mol. The highest BCUT2D eigenvalue weighted by atomic mass is 32.2. The SMILES string of the molecule is CSCCN(C)Cc1ccoc1CNC1CC1. The van der Waals surface area contributed by atoms with Gasteiger partial charge in [0.15, 0.2) is 0 Å². The average Bonchev–Trinajstić information content (AvgIpc) is 3.05. The van der Waals surface area contributed by atoms with Crippen molar-refractivity contribution >= 4 is 11.8 Å². The van der Waals surface area contributed by atoms with Crippen LogP contribution in [0.5, 0.6) is 0 Å². The van der Waals surface area contributed by atoms with Crippen molar-refractivity contribution in [2.24, 2.45) is 0 Å². The highest BCUT2D eigenvalue weighted by Gasteiger charge is 2.21. The molecular formula is C13H22N2OS. The molecule has 17 heavy (non-hydrogen) atoms. The van der Waals surface area contributed by atoms with Crippen molar-refractivity contribution in [3.63, 3.8) is 0 Å². The third-order valence-corrected chi connectivity index (χ3v) is 3.67. The summed E-state index contributed by atoms with van der Waals surface area (Å²) in [5.74, 6) is 2.29. The van der Waals surface area contributed by atoms with E-state index in [2.05, 4.69) is 29.6 Å². The van der Waals surface area contributed by atoms with Crippen molar-refractivity contribution < 1.29 is 4.42 Å². The Balaban J connectivity index is 1.79. The van der Waals surface area contributed by atoms with E-state index in [1.165, 1.54) is 24.2 Å². The molecule has 1 heterocycles. The Hall–Kier alpha value is -0.450. The molecule has 0 spiro atoms. The molecule has 2 rings (SSSR count). The molecule has 0 aromatic carbocycles. The topological polar surface area (TPSA) is 28.4 Å². The standard InChI is InChI=1S/C13H22N2OS/c1-15(6-8-17-2)10-11-5-7-16-13(11)9-14-12-3-4-12/h5,7,12,14H,3-4,6,8-10H2,1-2H3. The smallest absolute Gasteiger partial charge is 0.122 e. The summed E-state index contributed by atoms with van der Waals surface area (Å²) in [7, 11) is 2.17. The van der Waals surface area contributed by atoms with Crippen LogP contribution in [0, 0.1) is 0 Å². The molecule has 1 fully saturated rings. The van der Waals surface area contributed by atoms with Crippen LogP contribution in [0.4, 0.5) is 0 Å². The van der Waals surface area contributed by atoms with Gasteiger partial charge >= 0.3 is 0 Å². The van der Waals surface area contributed by atoms with Gasteiger partial charge in [-0.25, -0.2) is 0 Å². The first-order valence-electron chi connectivity index (χ1n) is 6.25. The molecule has 96 valence electrons. The minimum Gasteiger partial charge on any atom is -0.468 e. The van der Waals surface area contributed by atoms with Crippen LogP contribution >= 0.6 is 11.8 Å². The first kappa shape index (κ1) is 13.0. The number of furan rings is 1. The highest BCUT2D eigenvalue weighted by molar-refractivity contribution is 7.98. The summed E-state index contributed by atoms with van der Waals surface area (Å²) in [4.78, 5) is 2.35. The molecule has 0 amide bonds. The Morgan fingerprint density at radius 3 is 3.06 bits per heavy atom. The lowest BCUT2D eigenvalue weighted by Gasteiger charge is -2.15. The average molecular weight is 254 g/mol. The molecule has 1 saturated carbocycles. The number of nitrogens with zero attached hydrogens (tertiary/aromatic N) is 1. The number of hydrogen-bond donors (Lipinski definition) is 1. The van der Waals surface area contributed by atoms with Crippen molar-refractivity contribution in [3.05, 3.63) is 23.7 Å². The summed E-state index contributed by atoms with van der Waals surface area (Å²) >= 11 is 1.89. The van der Waals surface area contributed by atoms with Gasteiger partial charge in [-0.1, -0.05) is 0 Å². The third-order valence-electron chi connectivity index (χ3n) is 3.08. The first-order chi connectivity index (χ1) is 8.29. The molecule has 1 aromatic rings. The van der Waals surface area contributed by atoms with E-state index in [9.17, 15) is 0 Å². The van der Waals surface area contributed by atoms with Gasteiger partial charge in [-0.2, -0.15) is 11.8 Å². The molecule has 4 heteroatoms. The summed E-state index contributed by atoms with van der Waals surface area (Å²) < 4.78 is 5.55. The second-order valence-electron chi connectivity index (χ2n) is 4.75. The summed E-state index contributed by atoms with van der Waals surface area (Å²) in [6.07, 6.45) is 6.60. The van der Waals surface area contributed by atoms with Crippen LogP contribution in [0.15, 0.2) is 16.7 Å². The Labute approximate surface area is 108 Å². The third kappa shape index (κ3) is 4.37. The zero-order valence-corrected chi connectivity index (χ0v) is 11.6. The largest absolute Gasteiger partial charge is 0.468 e. The fourth-order valence-electron chi connectivity index (χ4n) is 1.80. The second kappa shape index (κ2) is 6.47. The Morgan fingerprint density at radius 2 is 2.35 bits per heavy atom. The van der Waals surface area contributed by atoms with Crippen LogP contribution in [0.25, 0.3) is 0 Å². The number of thioether (sulfide) groups is 1. The van der Waals surface area contributed by atoms with Gasteiger partial charge in [0.05, 0.1) is 12.8 Å². The van der Waals surface area contributed by atoms with Crippen LogP contribution in [-0.4, -0.2) is 36.5 Å². The number of nitrogens with one attached hydrogen (secondary N) is 1. The number of rotatable bonds is 8. The summed E-state index contributed by atoms with van der Waals surface area (Å²) in [5.41, 5.74) is 1.32. The highest BCUT2D eigenvalue weighted by Crippen LogP contribution is 2.20. The molecule has 0 saturated heterocycles. The van der Waals surface area contributed by atoms with Gasteiger partial charge < -0.3 is 14.6 Å². The van der Waals surface area contributed by atoms with Gasteiger partial charge in [0.1, 0.15) is 5.76 Å². The molecule has 1 N–H and O–H groups in total. The predicted octanol–water partition coefficient (Wildman–Crippen LogP) is 2.33. The quantitative estimate of drug-likeness (QED) is 0.771. The first-order valence-corrected chi connectivity index (χ1v) is 7.65. The Kier molecular flexibility index (Phi) is 4.95. The molecule has 0 atom stereocenters. The lowest BCUT2D eigenvalue weighted by atomic mass is 10.2. The lowest BCUT2D eigenvalue weighted by Crippen LogP contribution is -2.22.